The van der Waals surface area contributed by atoms with Crippen molar-refractivity contribution in [2.75, 3.05) is 37.6 Å². The number of nitrogens with zero attached hydrogens (tertiary/aromatic N) is 2. The third-order valence-corrected chi connectivity index (χ3v) is 4.37. The van der Waals surface area contributed by atoms with Crippen LogP contribution < -0.4 is 4.90 Å². The summed E-state index contributed by atoms with van der Waals surface area (Å²) in [7, 11) is 0. The van der Waals surface area contributed by atoms with Crippen LogP contribution in [0.4, 0.5) is 5.69 Å². The number of rotatable bonds is 12. The third-order valence-electron chi connectivity index (χ3n) is 4.37. The molecule has 1 rings (SSSR count). The predicted molar refractivity (Wildman–Crippen MR) is 111 cm³/mol. The Morgan fingerprint density at radius 2 is 1.04 bits per heavy atom. The van der Waals surface area contributed by atoms with Crippen molar-refractivity contribution in [1.29, 1.82) is 0 Å². The molecule has 0 aliphatic rings. The molecule has 24 heavy (non-hydrogen) atoms. The molecule has 140 valence electrons. The van der Waals surface area contributed by atoms with Gasteiger partial charge in [-0.2, -0.15) is 0 Å². The van der Waals surface area contributed by atoms with E-state index in [1.807, 2.05) is 6.07 Å². The van der Waals surface area contributed by atoms with Gasteiger partial charge in [-0.15, -0.1) is 0 Å². The zero-order valence-corrected chi connectivity index (χ0v) is 17.1. The second kappa shape index (κ2) is 16.8. The van der Waals surface area contributed by atoms with Crippen LogP contribution in [0.25, 0.3) is 0 Å². The molecule has 0 saturated carbocycles. The summed E-state index contributed by atoms with van der Waals surface area (Å²) in [5.41, 5.74) is 1.32. The maximum absolute atomic E-state index is 2.64. The van der Waals surface area contributed by atoms with Crippen LogP contribution in [0.2, 0.25) is 0 Å². The fraction of sp³-hybridized carbons (Fsp3) is 0.727. The van der Waals surface area contributed by atoms with E-state index in [-0.39, 0.29) is 0 Å². The Bertz CT molecular complexity index is 327. The molecule has 0 aromatic heterocycles. The molecule has 2 nitrogen and oxygen atoms in total. The van der Waals surface area contributed by atoms with E-state index in [0.29, 0.717) is 0 Å². The van der Waals surface area contributed by atoms with E-state index >= 15 is 0 Å². The lowest BCUT2D eigenvalue weighted by Crippen LogP contribution is -2.27. The summed E-state index contributed by atoms with van der Waals surface area (Å²) in [6.07, 6.45) is 8.09. The Morgan fingerprint density at radius 1 is 0.625 bits per heavy atom. The van der Waals surface area contributed by atoms with Gasteiger partial charge in [-0.1, -0.05) is 58.2 Å². The van der Waals surface area contributed by atoms with Crippen molar-refractivity contribution >= 4 is 5.69 Å². The highest BCUT2D eigenvalue weighted by molar-refractivity contribution is 5.45. The normalized spacial score (nSPS) is 10.4. The van der Waals surface area contributed by atoms with Crippen molar-refractivity contribution in [1.82, 2.24) is 4.90 Å². The van der Waals surface area contributed by atoms with Crippen LogP contribution in [0.1, 0.15) is 73.1 Å². The lowest BCUT2D eigenvalue weighted by Gasteiger charge is -2.21. The first-order valence-corrected chi connectivity index (χ1v) is 10.3. The fourth-order valence-electron chi connectivity index (χ4n) is 2.71. The predicted octanol–water partition coefficient (Wildman–Crippen LogP) is 6.22. The summed E-state index contributed by atoms with van der Waals surface area (Å²) in [5.74, 6) is 0. The van der Waals surface area contributed by atoms with Crippen LogP contribution in [0, 0.1) is 0 Å². The van der Waals surface area contributed by atoms with Gasteiger partial charge in [0, 0.05) is 18.8 Å². The van der Waals surface area contributed by atoms with Crippen LogP contribution in [-0.4, -0.2) is 37.6 Å². The highest BCUT2D eigenvalue weighted by Crippen LogP contribution is 2.11. The first kappa shape index (κ1) is 23.0. The standard InChI is InChI=1S/C12H27N.C10H15N/c1-4-7-10-13(11-8-5-2)12-9-6-3;1-3-11(4-2)10-8-6-5-7-9-10/h4-12H2,1-3H3;5-9H,3-4H2,1-2H3. The summed E-state index contributed by atoms with van der Waals surface area (Å²) in [6, 6.07) is 10.5. The summed E-state index contributed by atoms with van der Waals surface area (Å²) >= 11 is 0. The molecule has 1 aromatic carbocycles. The molecule has 0 saturated heterocycles. The van der Waals surface area contributed by atoms with Crippen molar-refractivity contribution in [3.63, 3.8) is 0 Å². The lowest BCUT2D eigenvalue weighted by molar-refractivity contribution is 0.261. The first-order valence-electron chi connectivity index (χ1n) is 10.3. The molecule has 0 aliphatic carbocycles. The van der Waals surface area contributed by atoms with E-state index in [0.717, 1.165) is 13.1 Å². The van der Waals surface area contributed by atoms with E-state index in [9.17, 15) is 0 Å². The molecule has 0 unspecified atom stereocenters. The van der Waals surface area contributed by atoms with Crippen LogP contribution >= 0.6 is 0 Å². The quantitative estimate of drug-likeness (QED) is 0.447. The minimum absolute atomic E-state index is 1.08. The van der Waals surface area contributed by atoms with E-state index < -0.39 is 0 Å². The van der Waals surface area contributed by atoms with Gasteiger partial charge < -0.3 is 9.80 Å². The van der Waals surface area contributed by atoms with Gasteiger partial charge in [0.1, 0.15) is 0 Å². The molecule has 0 fully saturated rings. The Balaban J connectivity index is 0.000000446. The molecule has 0 N–H and O–H groups in total. The highest BCUT2D eigenvalue weighted by atomic mass is 15.1. The summed E-state index contributed by atoms with van der Waals surface area (Å²) < 4.78 is 0. The SMILES string of the molecule is CCCCN(CCCC)CCCC.CCN(CC)c1ccccc1. The van der Waals surface area contributed by atoms with Crippen LogP contribution in [0.3, 0.4) is 0 Å². The van der Waals surface area contributed by atoms with E-state index in [4.69, 9.17) is 0 Å². The van der Waals surface area contributed by atoms with Crippen molar-refractivity contribution in [3.05, 3.63) is 30.3 Å². The van der Waals surface area contributed by atoms with Crippen LogP contribution in [0.15, 0.2) is 30.3 Å². The van der Waals surface area contributed by atoms with Crippen molar-refractivity contribution in [2.24, 2.45) is 0 Å². The van der Waals surface area contributed by atoms with Gasteiger partial charge >= 0.3 is 0 Å². The number of anilines is 1. The van der Waals surface area contributed by atoms with Gasteiger partial charge in [-0.05, 0) is 64.9 Å². The van der Waals surface area contributed by atoms with Gasteiger partial charge in [-0.3, -0.25) is 0 Å². The van der Waals surface area contributed by atoms with Crippen molar-refractivity contribution < 1.29 is 0 Å². The highest BCUT2D eigenvalue weighted by Gasteiger charge is 2.01. The zero-order chi connectivity index (χ0) is 18.0. The third kappa shape index (κ3) is 11.5. The summed E-state index contributed by atoms with van der Waals surface area (Å²) in [5, 5.41) is 0. The Labute approximate surface area is 152 Å². The number of benzene rings is 1. The Kier molecular flexibility index (Phi) is 16.1. The van der Waals surface area contributed by atoms with Crippen molar-refractivity contribution in [2.45, 2.75) is 73.1 Å². The number of hydrogen-bond acceptors (Lipinski definition) is 2. The fourth-order valence-corrected chi connectivity index (χ4v) is 2.71. The molecule has 0 bridgehead atoms. The average Bonchev–Trinajstić information content (AvgIpc) is 2.63. The molecular formula is C22H42N2. The van der Waals surface area contributed by atoms with Gasteiger partial charge in [0.05, 0.1) is 0 Å². The van der Waals surface area contributed by atoms with Crippen LogP contribution in [-0.2, 0) is 0 Å². The van der Waals surface area contributed by atoms with Gasteiger partial charge in [0.25, 0.3) is 0 Å². The molecule has 1 aromatic rings. The molecular weight excluding hydrogens is 292 g/mol. The largest absolute Gasteiger partial charge is 0.372 e. The number of unbranched alkanes of at least 4 members (excludes halogenated alkanes) is 3. The molecule has 2 heteroatoms. The second-order valence-electron chi connectivity index (χ2n) is 6.41. The van der Waals surface area contributed by atoms with Gasteiger partial charge in [-0.25, -0.2) is 0 Å². The van der Waals surface area contributed by atoms with E-state index in [1.54, 1.807) is 0 Å². The minimum Gasteiger partial charge on any atom is -0.372 e. The second-order valence-corrected chi connectivity index (χ2v) is 6.41. The number of hydrogen-bond donors (Lipinski definition) is 0. The topological polar surface area (TPSA) is 6.48 Å². The monoisotopic (exact) mass is 334 g/mol. The van der Waals surface area contributed by atoms with E-state index in [2.05, 4.69) is 68.7 Å². The van der Waals surface area contributed by atoms with Gasteiger partial charge in [0.15, 0.2) is 0 Å². The molecule has 0 radical (unpaired) electrons. The average molecular weight is 335 g/mol. The Hall–Kier alpha value is -1.02. The summed E-state index contributed by atoms with van der Waals surface area (Å²) in [6.45, 7) is 17.3. The van der Waals surface area contributed by atoms with Crippen molar-refractivity contribution in [3.8, 4) is 0 Å². The minimum atomic E-state index is 1.08. The lowest BCUT2D eigenvalue weighted by atomic mass is 10.2. The molecule has 0 heterocycles. The molecule has 0 aliphatic heterocycles. The number of para-hydroxylation sites is 1. The maximum Gasteiger partial charge on any atom is 0.0365 e. The van der Waals surface area contributed by atoms with Crippen LogP contribution in [0.5, 0.6) is 0 Å². The first-order chi connectivity index (χ1) is 11.7. The smallest absolute Gasteiger partial charge is 0.0365 e. The Morgan fingerprint density at radius 3 is 1.38 bits per heavy atom. The summed E-state index contributed by atoms with van der Waals surface area (Å²) in [4.78, 5) is 4.97. The molecule has 0 spiro atoms. The molecule has 0 amide bonds. The maximum atomic E-state index is 2.64. The van der Waals surface area contributed by atoms with E-state index in [1.165, 1.54) is 63.8 Å². The van der Waals surface area contributed by atoms with Gasteiger partial charge in [0.2, 0.25) is 0 Å². The zero-order valence-electron chi connectivity index (χ0n) is 17.1. The molecule has 0 atom stereocenters.